The van der Waals surface area contributed by atoms with Crippen LogP contribution in [0.2, 0.25) is 0 Å². The van der Waals surface area contributed by atoms with Crippen molar-refractivity contribution in [1.29, 1.82) is 0 Å². The summed E-state index contributed by atoms with van der Waals surface area (Å²) in [7, 11) is 1.58. The SMILES string of the molecule is COc1ccc(-c2noc(C(=O)NCCNC(=O)c3cccs3)n2)cc1. The first kappa shape index (κ1) is 17.6. The Balaban J connectivity index is 1.49. The summed E-state index contributed by atoms with van der Waals surface area (Å²) in [5.41, 5.74) is 0.705. The van der Waals surface area contributed by atoms with Gasteiger partial charge in [-0.2, -0.15) is 4.98 Å². The maximum absolute atomic E-state index is 12.0. The third-order valence-corrected chi connectivity index (χ3v) is 4.28. The zero-order valence-electron chi connectivity index (χ0n) is 13.9. The summed E-state index contributed by atoms with van der Waals surface area (Å²) < 4.78 is 10.1. The highest BCUT2D eigenvalue weighted by atomic mass is 32.1. The van der Waals surface area contributed by atoms with Gasteiger partial charge < -0.3 is 19.9 Å². The van der Waals surface area contributed by atoms with E-state index in [1.54, 1.807) is 43.5 Å². The van der Waals surface area contributed by atoms with Gasteiger partial charge >= 0.3 is 11.8 Å². The number of thiophene rings is 1. The zero-order valence-corrected chi connectivity index (χ0v) is 14.7. The maximum atomic E-state index is 12.0. The minimum absolute atomic E-state index is 0.139. The Labute approximate surface area is 153 Å². The first-order valence-electron chi connectivity index (χ1n) is 7.75. The molecule has 1 aromatic carbocycles. The van der Waals surface area contributed by atoms with Crippen molar-refractivity contribution in [3.63, 3.8) is 0 Å². The molecule has 3 rings (SSSR count). The molecule has 0 radical (unpaired) electrons. The summed E-state index contributed by atoms with van der Waals surface area (Å²) in [4.78, 5) is 28.5. The van der Waals surface area contributed by atoms with Crippen molar-refractivity contribution in [2.75, 3.05) is 20.2 Å². The predicted octanol–water partition coefficient (Wildman–Crippen LogP) is 1.97. The highest BCUT2D eigenvalue weighted by Gasteiger charge is 2.16. The zero-order chi connectivity index (χ0) is 18.4. The molecule has 0 bridgehead atoms. The fourth-order valence-corrected chi connectivity index (χ4v) is 2.74. The number of aromatic nitrogens is 2. The molecule has 2 amide bonds. The molecule has 0 aliphatic heterocycles. The topological polar surface area (TPSA) is 106 Å². The van der Waals surface area contributed by atoms with Crippen molar-refractivity contribution in [3.8, 4) is 17.1 Å². The molecular weight excluding hydrogens is 356 g/mol. The first-order valence-corrected chi connectivity index (χ1v) is 8.63. The second-order valence-electron chi connectivity index (χ2n) is 5.14. The smallest absolute Gasteiger partial charge is 0.316 e. The van der Waals surface area contributed by atoms with E-state index in [1.165, 1.54) is 11.3 Å². The molecule has 9 heteroatoms. The van der Waals surface area contributed by atoms with Gasteiger partial charge in [-0.1, -0.05) is 11.2 Å². The van der Waals surface area contributed by atoms with E-state index in [-0.39, 0.29) is 18.3 Å². The largest absolute Gasteiger partial charge is 0.497 e. The van der Waals surface area contributed by atoms with Gasteiger partial charge in [0.25, 0.3) is 5.91 Å². The molecule has 2 heterocycles. The van der Waals surface area contributed by atoms with Crippen molar-refractivity contribution >= 4 is 23.2 Å². The molecule has 0 aliphatic carbocycles. The average molecular weight is 372 g/mol. The molecule has 2 aromatic heterocycles. The minimum atomic E-state index is -0.498. The average Bonchev–Trinajstić information content (AvgIpc) is 3.37. The third kappa shape index (κ3) is 4.25. The summed E-state index contributed by atoms with van der Waals surface area (Å²) in [6.07, 6.45) is 0. The van der Waals surface area contributed by atoms with E-state index < -0.39 is 5.91 Å². The van der Waals surface area contributed by atoms with E-state index >= 15 is 0 Å². The number of carbonyl (C=O) groups excluding carboxylic acids is 2. The van der Waals surface area contributed by atoms with E-state index in [4.69, 9.17) is 9.26 Å². The second-order valence-corrected chi connectivity index (χ2v) is 6.09. The molecule has 26 heavy (non-hydrogen) atoms. The van der Waals surface area contributed by atoms with Crippen LogP contribution in [0.1, 0.15) is 20.4 Å². The van der Waals surface area contributed by atoms with Crippen LogP contribution in [-0.4, -0.2) is 42.2 Å². The van der Waals surface area contributed by atoms with Gasteiger partial charge in [0.15, 0.2) is 0 Å². The van der Waals surface area contributed by atoms with Crippen LogP contribution in [0.3, 0.4) is 0 Å². The molecule has 2 N–H and O–H groups in total. The number of hydrogen-bond acceptors (Lipinski definition) is 7. The van der Waals surface area contributed by atoms with Gasteiger partial charge in [-0.15, -0.1) is 11.3 Å². The lowest BCUT2D eigenvalue weighted by Gasteiger charge is -2.04. The van der Waals surface area contributed by atoms with Crippen LogP contribution in [-0.2, 0) is 0 Å². The lowest BCUT2D eigenvalue weighted by molar-refractivity contribution is 0.0899. The number of amides is 2. The Morgan fingerprint density at radius 1 is 1.12 bits per heavy atom. The van der Waals surface area contributed by atoms with Crippen molar-refractivity contribution in [2.24, 2.45) is 0 Å². The molecule has 0 saturated heterocycles. The number of methoxy groups -OCH3 is 1. The van der Waals surface area contributed by atoms with Gasteiger partial charge in [-0.05, 0) is 35.7 Å². The number of nitrogens with zero attached hydrogens (tertiary/aromatic N) is 2. The summed E-state index contributed by atoms with van der Waals surface area (Å²) in [6, 6.07) is 10.6. The number of ether oxygens (including phenoxy) is 1. The number of nitrogens with one attached hydrogen (secondary N) is 2. The van der Waals surface area contributed by atoms with Crippen molar-refractivity contribution < 1.29 is 18.8 Å². The van der Waals surface area contributed by atoms with E-state index in [0.717, 1.165) is 0 Å². The van der Waals surface area contributed by atoms with E-state index in [0.29, 0.717) is 28.6 Å². The molecule has 8 nitrogen and oxygen atoms in total. The number of rotatable bonds is 7. The molecular formula is C17H16N4O4S. The summed E-state index contributed by atoms with van der Waals surface area (Å²) in [6.45, 7) is 0.540. The van der Waals surface area contributed by atoms with Gasteiger partial charge in [0.05, 0.1) is 12.0 Å². The van der Waals surface area contributed by atoms with Crippen molar-refractivity contribution in [1.82, 2.24) is 20.8 Å². The molecule has 0 spiro atoms. The molecule has 0 unspecified atom stereocenters. The van der Waals surface area contributed by atoms with Gasteiger partial charge in [-0.3, -0.25) is 9.59 Å². The van der Waals surface area contributed by atoms with Crippen LogP contribution in [0.15, 0.2) is 46.3 Å². The standard InChI is InChI=1S/C17H16N4O4S/c1-24-12-6-4-11(5-7-12)14-20-17(25-21-14)16(23)19-9-8-18-15(22)13-3-2-10-26-13/h2-7,10H,8-9H2,1H3,(H,18,22)(H,19,23). The first-order chi connectivity index (χ1) is 12.7. The Morgan fingerprint density at radius 3 is 2.50 bits per heavy atom. The molecule has 0 fully saturated rings. The van der Waals surface area contributed by atoms with Crippen LogP contribution in [0.25, 0.3) is 11.4 Å². The van der Waals surface area contributed by atoms with Crippen molar-refractivity contribution in [2.45, 2.75) is 0 Å². The van der Waals surface area contributed by atoms with E-state index in [9.17, 15) is 9.59 Å². The van der Waals surface area contributed by atoms with Crippen LogP contribution < -0.4 is 15.4 Å². The Morgan fingerprint density at radius 2 is 1.85 bits per heavy atom. The summed E-state index contributed by atoms with van der Waals surface area (Å²) in [5.74, 6) is 0.209. The van der Waals surface area contributed by atoms with Crippen LogP contribution in [0, 0.1) is 0 Å². The Bertz CT molecular complexity index is 875. The number of carbonyl (C=O) groups is 2. The van der Waals surface area contributed by atoms with Crippen LogP contribution >= 0.6 is 11.3 Å². The quantitative estimate of drug-likeness (QED) is 0.614. The molecule has 0 atom stereocenters. The van der Waals surface area contributed by atoms with Gasteiger partial charge in [-0.25, -0.2) is 0 Å². The van der Waals surface area contributed by atoms with Gasteiger partial charge in [0.2, 0.25) is 5.82 Å². The Kier molecular flexibility index (Phi) is 5.59. The lowest BCUT2D eigenvalue weighted by atomic mass is 10.2. The van der Waals surface area contributed by atoms with Gasteiger partial charge in [0, 0.05) is 18.7 Å². The lowest BCUT2D eigenvalue weighted by Crippen LogP contribution is -2.34. The molecule has 0 aliphatic rings. The normalized spacial score (nSPS) is 10.3. The molecule has 0 saturated carbocycles. The highest BCUT2D eigenvalue weighted by molar-refractivity contribution is 7.12. The van der Waals surface area contributed by atoms with E-state index in [1.807, 2.05) is 5.38 Å². The number of hydrogen-bond donors (Lipinski definition) is 2. The highest BCUT2D eigenvalue weighted by Crippen LogP contribution is 2.19. The fourth-order valence-electron chi connectivity index (χ4n) is 2.10. The maximum Gasteiger partial charge on any atom is 0.316 e. The summed E-state index contributed by atoms with van der Waals surface area (Å²) in [5, 5.41) is 11.0. The molecule has 3 aromatic rings. The molecule has 134 valence electrons. The monoisotopic (exact) mass is 372 g/mol. The predicted molar refractivity (Wildman–Crippen MR) is 95.3 cm³/mol. The van der Waals surface area contributed by atoms with Crippen LogP contribution in [0.4, 0.5) is 0 Å². The van der Waals surface area contributed by atoms with E-state index in [2.05, 4.69) is 20.8 Å². The second kappa shape index (κ2) is 8.26. The Hall–Kier alpha value is -3.20. The van der Waals surface area contributed by atoms with Gasteiger partial charge in [0.1, 0.15) is 5.75 Å². The minimum Gasteiger partial charge on any atom is -0.497 e. The third-order valence-electron chi connectivity index (χ3n) is 3.41. The van der Waals surface area contributed by atoms with Crippen LogP contribution in [0.5, 0.6) is 5.75 Å². The summed E-state index contributed by atoms with van der Waals surface area (Å²) >= 11 is 1.35. The fraction of sp³-hybridized carbons (Fsp3) is 0.176. The van der Waals surface area contributed by atoms with Crippen molar-refractivity contribution in [3.05, 3.63) is 52.5 Å². The number of benzene rings is 1.